The second kappa shape index (κ2) is 6.05. The van der Waals surface area contributed by atoms with Crippen molar-refractivity contribution in [2.75, 3.05) is 0 Å². The zero-order chi connectivity index (χ0) is 14.7. The number of pyridine rings is 1. The van der Waals surface area contributed by atoms with Gasteiger partial charge < -0.3 is 5.32 Å². The van der Waals surface area contributed by atoms with E-state index < -0.39 is 17.5 Å². The van der Waals surface area contributed by atoms with Crippen molar-refractivity contribution in [2.24, 2.45) is 0 Å². The fourth-order valence-corrected chi connectivity index (χ4v) is 2.01. The Bertz CT molecular complexity index is 601. The first-order valence-corrected chi connectivity index (χ1v) is 6.29. The molecule has 2 aromatic rings. The molecule has 5 heteroatoms. The number of benzene rings is 1. The van der Waals surface area contributed by atoms with Crippen LogP contribution in [0.1, 0.15) is 37.1 Å². The van der Waals surface area contributed by atoms with E-state index in [1.54, 1.807) is 6.20 Å². The van der Waals surface area contributed by atoms with Gasteiger partial charge in [0.1, 0.15) is 5.82 Å². The van der Waals surface area contributed by atoms with Crippen LogP contribution in [0.25, 0.3) is 0 Å². The molecule has 0 aliphatic rings. The number of nitrogens with one attached hydrogen (secondary N) is 1. The van der Waals surface area contributed by atoms with Crippen molar-refractivity contribution in [3.63, 3.8) is 0 Å². The third-order valence-electron chi connectivity index (χ3n) is 3.17. The summed E-state index contributed by atoms with van der Waals surface area (Å²) in [6, 6.07) is 4.79. The van der Waals surface area contributed by atoms with Crippen LogP contribution in [0.4, 0.5) is 13.2 Å². The van der Waals surface area contributed by atoms with Crippen molar-refractivity contribution in [3.8, 4) is 0 Å². The number of hydrogen-bond donors (Lipinski definition) is 1. The predicted octanol–water partition coefficient (Wildman–Crippen LogP) is 3.91. The van der Waals surface area contributed by atoms with E-state index in [0.717, 1.165) is 18.3 Å². The minimum absolute atomic E-state index is 0.165. The third kappa shape index (κ3) is 3.36. The van der Waals surface area contributed by atoms with Crippen molar-refractivity contribution in [1.82, 2.24) is 10.3 Å². The molecule has 1 heterocycles. The molecular formula is C15H15F3N2. The van der Waals surface area contributed by atoms with Gasteiger partial charge in [0.05, 0.1) is 6.20 Å². The highest BCUT2D eigenvalue weighted by Crippen LogP contribution is 2.20. The van der Waals surface area contributed by atoms with Gasteiger partial charge in [-0.15, -0.1) is 0 Å². The van der Waals surface area contributed by atoms with Gasteiger partial charge in [-0.05, 0) is 43.2 Å². The second-order valence-corrected chi connectivity index (χ2v) is 4.72. The lowest BCUT2D eigenvalue weighted by molar-refractivity contribution is 0.477. The fourth-order valence-electron chi connectivity index (χ4n) is 2.01. The van der Waals surface area contributed by atoms with E-state index in [0.29, 0.717) is 11.1 Å². The Morgan fingerprint density at radius 3 is 2.25 bits per heavy atom. The number of nitrogens with zero attached hydrogens (tertiary/aromatic N) is 1. The molecule has 0 aliphatic carbocycles. The predicted molar refractivity (Wildman–Crippen MR) is 70.5 cm³/mol. The van der Waals surface area contributed by atoms with Gasteiger partial charge in [-0.2, -0.15) is 0 Å². The molecule has 0 fully saturated rings. The number of aromatic nitrogens is 1. The highest BCUT2D eigenvalue weighted by Gasteiger charge is 2.13. The molecule has 1 N–H and O–H groups in total. The molecule has 0 saturated heterocycles. The zero-order valence-electron chi connectivity index (χ0n) is 11.2. The molecular weight excluding hydrogens is 265 g/mol. The highest BCUT2D eigenvalue weighted by atomic mass is 19.2. The summed E-state index contributed by atoms with van der Waals surface area (Å²) in [6.45, 7) is 3.68. The molecule has 2 unspecified atom stereocenters. The molecule has 2 nitrogen and oxygen atoms in total. The Labute approximate surface area is 115 Å². The fraction of sp³-hybridized carbons (Fsp3) is 0.267. The first-order valence-electron chi connectivity index (χ1n) is 6.29. The second-order valence-electron chi connectivity index (χ2n) is 4.72. The van der Waals surface area contributed by atoms with Gasteiger partial charge >= 0.3 is 0 Å². The Balaban J connectivity index is 2.10. The van der Waals surface area contributed by atoms with Gasteiger partial charge in [-0.3, -0.25) is 4.98 Å². The maximum absolute atomic E-state index is 13.2. The number of hydrogen-bond acceptors (Lipinski definition) is 2. The van der Waals surface area contributed by atoms with Crippen molar-refractivity contribution < 1.29 is 13.2 Å². The summed E-state index contributed by atoms with van der Waals surface area (Å²) in [5.41, 5.74) is 1.32. The quantitative estimate of drug-likeness (QED) is 0.918. The summed E-state index contributed by atoms with van der Waals surface area (Å²) in [4.78, 5) is 3.79. The lowest BCUT2D eigenvalue weighted by Gasteiger charge is -2.20. The summed E-state index contributed by atoms with van der Waals surface area (Å²) in [6.07, 6.45) is 2.70. The van der Waals surface area contributed by atoms with Crippen molar-refractivity contribution in [1.29, 1.82) is 0 Å². The molecule has 0 spiro atoms. The topological polar surface area (TPSA) is 24.9 Å². The van der Waals surface area contributed by atoms with Crippen LogP contribution in [0, 0.1) is 17.5 Å². The summed E-state index contributed by atoms with van der Waals surface area (Å²) < 4.78 is 39.2. The molecule has 0 saturated carbocycles. The van der Waals surface area contributed by atoms with Gasteiger partial charge in [0.2, 0.25) is 0 Å². The smallest absolute Gasteiger partial charge is 0.159 e. The summed E-state index contributed by atoms with van der Waals surface area (Å²) in [5, 5.41) is 3.19. The normalized spacial score (nSPS) is 14.1. The van der Waals surface area contributed by atoms with Gasteiger partial charge in [0.25, 0.3) is 0 Å². The van der Waals surface area contributed by atoms with Crippen LogP contribution in [0.2, 0.25) is 0 Å². The minimum atomic E-state index is -0.878. The average Bonchev–Trinajstić information content (AvgIpc) is 2.41. The molecule has 0 aliphatic heterocycles. The van der Waals surface area contributed by atoms with E-state index in [4.69, 9.17) is 0 Å². The Kier molecular flexibility index (Phi) is 4.39. The highest BCUT2D eigenvalue weighted by molar-refractivity contribution is 5.22. The van der Waals surface area contributed by atoms with Crippen LogP contribution >= 0.6 is 0 Å². The summed E-state index contributed by atoms with van der Waals surface area (Å²) in [5.74, 6) is -2.16. The Hall–Kier alpha value is -1.88. The molecule has 20 heavy (non-hydrogen) atoms. The Morgan fingerprint density at radius 2 is 1.60 bits per heavy atom. The molecule has 0 radical (unpaired) electrons. The molecule has 1 aromatic heterocycles. The van der Waals surface area contributed by atoms with Crippen LogP contribution in [0.3, 0.4) is 0 Å². The van der Waals surface area contributed by atoms with E-state index in [-0.39, 0.29) is 12.1 Å². The molecule has 0 bridgehead atoms. The van der Waals surface area contributed by atoms with Crippen LogP contribution in [0.5, 0.6) is 0 Å². The molecule has 2 rings (SSSR count). The largest absolute Gasteiger partial charge is 0.304 e. The van der Waals surface area contributed by atoms with Crippen LogP contribution < -0.4 is 5.32 Å². The lowest BCUT2D eigenvalue weighted by atomic mass is 10.1. The van der Waals surface area contributed by atoms with Gasteiger partial charge in [-0.1, -0.05) is 6.07 Å². The van der Waals surface area contributed by atoms with Crippen LogP contribution in [-0.2, 0) is 0 Å². The third-order valence-corrected chi connectivity index (χ3v) is 3.17. The first-order chi connectivity index (χ1) is 9.47. The van der Waals surface area contributed by atoms with E-state index in [2.05, 4.69) is 10.3 Å². The monoisotopic (exact) mass is 280 g/mol. The van der Waals surface area contributed by atoms with Gasteiger partial charge in [0, 0.05) is 18.3 Å². The first kappa shape index (κ1) is 14.5. The van der Waals surface area contributed by atoms with E-state index in [9.17, 15) is 13.2 Å². The van der Waals surface area contributed by atoms with E-state index in [1.165, 1.54) is 12.1 Å². The van der Waals surface area contributed by atoms with Gasteiger partial charge in [-0.25, -0.2) is 13.2 Å². The minimum Gasteiger partial charge on any atom is -0.304 e. The molecule has 106 valence electrons. The van der Waals surface area contributed by atoms with Crippen LogP contribution in [-0.4, -0.2) is 4.98 Å². The van der Waals surface area contributed by atoms with Crippen LogP contribution in [0.15, 0.2) is 36.7 Å². The van der Waals surface area contributed by atoms with Crippen molar-refractivity contribution in [3.05, 3.63) is 65.2 Å². The summed E-state index contributed by atoms with van der Waals surface area (Å²) in [7, 11) is 0. The number of halogens is 3. The van der Waals surface area contributed by atoms with E-state index in [1.807, 2.05) is 13.8 Å². The van der Waals surface area contributed by atoms with E-state index >= 15 is 0 Å². The molecule has 2 atom stereocenters. The maximum atomic E-state index is 13.2. The lowest BCUT2D eigenvalue weighted by Crippen LogP contribution is -2.22. The maximum Gasteiger partial charge on any atom is 0.159 e. The zero-order valence-corrected chi connectivity index (χ0v) is 11.2. The van der Waals surface area contributed by atoms with Crippen molar-refractivity contribution >= 4 is 0 Å². The Morgan fingerprint density at radius 1 is 0.900 bits per heavy atom. The average molecular weight is 280 g/mol. The molecule has 0 amide bonds. The number of rotatable bonds is 4. The van der Waals surface area contributed by atoms with Crippen molar-refractivity contribution in [2.45, 2.75) is 25.9 Å². The molecule has 1 aromatic carbocycles. The summed E-state index contributed by atoms with van der Waals surface area (Å²) >= 11 is 0. The standard InChI is InChI=1S/C15H15F3N2/c1-9(11-3-4-14(17)15(18)6-11)20-10(2)12-5-13(16)8-19-7-12/h3-10,20H,1-2H3. The van der Waals surface area contributed by atoms with Gasteiger partial charge in [0.15, 0.2) is 11.6 Å². The SMILES string of the molecule is CC(NC(C)c1ccc(F)c(F)c1)c1cncc(F)c1.